The highest BCUT2D eigenvalue weighted by Crippen LogP contribution is 2.34. The summed E-state index contributed by atoms with van der Waals surface area (Å²) in [6.45, 7) is 0. The third kappa shape index (κ3) is 2.89. The number of hydrogen-bond donors (Lipinski definition) is 0. The molecule has 0 saturated heterocycles. The van der Waals surface area contributed by atoms with Gasteiger partial charge in [-0.25, -0.2) is 0 Å². The van der Waals surface area contributed by atoms with E-state index in [0.29, 0.717) is 0 Å². The Hall–Kier alpha value is -1.32. The van der Waals surface area contributed by atoms with Crippen molar-refractivity contribution in [1.82, 2.24) is 0 Å². The van der Waals surface area contributed by atoms with Crippen LogP contribution in [0.25, 0.3) is 22.3 Å². The zero-order chi connectivity index (χ0) is 13.9. The Morgan fingerprint density at radius 1 is 0.650 bits per heavy atom. The van der Waals surface area contributed by atoms with Gasteiger partial charge in [-0.2, -0.15) is 0 Å². The van der Waals surface area contributed by atoms with Gasteiger partial charge in [0.25, 0.3) is 0 Å². The Morgan fingerprint density at radius 3 is 2.15 bits per heavy atom. The van der Waals surface area contributed by atoms with Crippen LogP contribution in [0.2, 0.25) is 5.02 Å². The van der Waals surface area contributed by atoms with E-state index in [9.17, 15) is 0 Å². The largest absolute Gasteiger partial charge is 0.0843 e. The van der Waals surface area contributed by atoms with Crippen molar-refractivity contribution in [2.45, 2.75) is 0 Å². The third-order valence-corrected chi connectivity index (χ3v) is 4.11. The van der Waals surface area contributed by atoms with Gasteiger partial charge in [-0.3, -0.25) is 0 Å². The van der Waals surface area contributed by atoms with Gasteiger partial charge in [-0.1, -0.05) is 60.1 Å². The fraction of sp³-hybridized carbons (Fsp3) is 0. The van der Waals surface area contributed by atoms with E-state index in [-0.39, 0.29) is 0 Å². The molecule has 0 bridgehead atoms. The van der Waals surface area contributed by atoms with Crippen LogP contribution in [-0.2, 0) is 0 Å². The summed E-state index contributed by atoms with van der Waals surface area (Å²) in [6, 6.07) is 24.9. The number of hydrogen-bond acceptors (Lipinski definition) is 0. The lowest BCUT2D eigenvalue weighted by molar-refractivity contribution is 1.56. The zero-order valence-corrected chi connectivity index (χ0v) is 13.6. The van der Waals surface area contributed by atoms with Gasteiger partial charge in [-0.15, -0.1) is 0 Å². The van der Waals surface area contributed by atoms with Crippen LogP contribution in [0.5, 0.6) is 0 Å². The van der Waals surface area contributed by atoms with Crippen molar-refractivity contribution in [3.63, 3.8) is 0 Å². The number of rotatable bonds is 2. The third-order valence-electron chi connectivity index (χ3n) is 3.20. The SMILES string of the molecule is Clc1ccc(-c2ccccc2)c(-c2cccc(I)c2)c1. The van der Waals surface area contributed by atoms with Gasteiger partial charge >= 0.3 is 0 Å². The van der Waals surface area contributed by atoms with Crippen molar-refractivity contribution in [3.8, 4) is 22.3 Å². The standard InChI is InChI=1S/C18H12ClI/c19-15-9-10-17(13-5-2-1-3-6-13)18(12-15)14-7-4-8-16(20)11-14/h1-12H. The molecular weight excluding hydrogens is 379 g/mol. The van der Waals surface area contributed by atoms with Gasteiger partial charge < -0.3 is 0 Å². The predicted molar refractivity (Wildman–Crippen MR) is 95.0 cm³/mol. The fourth-order valence-electron chi connectivity index (χ4n) is 2.28. The lowest BCUT2D eigenvalue weighted by atomic mass is 9.95. The molecule has 0 spiro atoms. The first-order chi connectivity index (χ1) is 9.74. The Balaban J connectivity index is 2.22. The summed E-state index contributed by atoms with van der Waals surface area (Å²) >= 11 is 8.53. The maximum atomic E-state index is 6.19. The molecule has 0 aliphatic heterocycles. The van der Waals surface area contributed by atoms with Crippen molar-refractivity contribution >= 4 is 34.2 Å². The van der Waals surface area contributed by atoms with E-state index in [0.717, 1.165) is 5.02 Å². The van der Waals surface area contributed by atoms with Crippen molar-refractivity contribution in [2.24, 2.45) is 0 Å². The summed E-state index contributed by atoms with van der Waals surface area (Å²) in [5.41, 5.74) is 4.77. The van der Waals surface area contributed by atoms with Crippen LogP contribution >= 0.6 is 34.2 Å². The second-order valence-electron chi connectivity index (χ2n) is 4.57. The maximum absolute atomic E-state index is 6.19. The maximum Gasteiger partial charge on any atom is 0.0412 e. The summed E-state index contributed by atoms with van der Waals surface area (Å²) in [6.07, 6.45) is 0. The number of halogens is 2. The van der Waals surface area contributed by atoms with Gasteiger partial charge in [-0.05, 0) is 69.1 Å². The quantitative estimate of drug-likeness (QED) is 0.452. The number of benzene rings is 3. The topological polar surface area (TPSA) is 0 Å². The summed E-state index contributed by atoms with van der Waals surface area (Å²) in [5.74, 6) is 0. The van der Waals surface area contributed by atoms with Gasteiger partial charge in [0.1, 0.15) is 0 Å². The first-order valence-electron chi connectivity index (χ1n) is 6.35. The van der Waals surface area contributed by atoms with Crippen LogP contribution in [0.1, 0.15) is 0 Å². The molecule has 2 heteroatoms. The molecule has 0 unspecified atom stereocenters. The van der Waals surface area contributed by atoms with E-state index >= 15 is 0 Å². The smallest absolute Gasteiger partial charge is 0.0412 e. The van der Waals surface area contributed by atoms with E-state index in [2.05, 4.69) is 77.2 Å². The molecular formula is C18H12ClI. The van der Waals surface area contributed by atoms with Gasteiger partial charge in [0.05, 0.1) is 0 Å². The van der Waals surface area contributed by atoms with Gasteiger partial charge in [0.15, 0.2) is 0 Å². The highest BCUT2D eigenvalue weighted by Gasteiger charge is 2.08. The second kappa shape index (κ2) is 5.98. The molecule has 0 nitrogen and oxygen atoms in total. The minimum atomic E-state index is 0.763. The highest BCUT2D eigenvalue weighted by molar-refractivity contribution is 14.1. The minimum Gasteiger partial charge on any atom is -0.0843 e. The Morgan fingerprint density at radius 2 is 1.40 bits per heavy atom. The molecule has 3 aromatic rings. The van der Waals surface area contributed by atoms with Crippen LogP contribution in [0.3, 0.4) is 0 Å². The minimum absolute atomic E-state index is 0.763. The highest BCUT2D eigenvalue weighted by atomic mass is 127. The van der Waals surface area contributed by atoms with Crippen LogP contribution in [-0.4, -0.2) is 0 Å². The summed E-state index contributed by atoms with van der Waals surface area (Å²) < 4.78 is 1.22. The van der Waals surface area contributed by atoms with Crippen LogP contribution in [0, 0.1) is 3.57 Å². The van der Waals surface area contributed by atoms with Crippen LogP contribution < -0.4 is 0 Å². The summed E-state index contributed by atoms with van der Waals surface area (Å²) in [4.78, 5) is 0. The lowest BCUT2D eigenvalue weighted by Gasteiger charge is -2.11. The predicted octanol–water partition coefficient (Wildman–Crippen LogP) is 6.28. The molecule has 0 atom stereocenters. The van der Waals surface area contributed by atoms with E-state index < -0.39 is 0 Å². The molecule has 0 radical (unpaired) electrons. The van der Waals surface area contributed by atoms with E-state index in [1.54, 1.807) is 0 Å². The molecule has 0 aliphatic rings. The van der Waals surface area contributed by atoms with E-state index in [4.69, 9.17) is 11.6 Å². The summed E-state index contributed by atoms with van der Waals surface area (Å²) in [5, 5.41) is 0.763. The zero-order valence-electron chi connectivity index (χ0n) is 10.7. The molecule has 0 aromatic heterocycles. The lowest BCUT2D eigenvalue weighted by Crippen LogP contribution is -1.86. The van der Waals surface area contributed by atoms with Crippen molar-refractivity contribution in [2.75, 3.05) is 0 Å². The molecule has 0 fully saturated rings. The molecule has 0 saturated carbocycles. The van der Waals surface area contributed by atoms with Crippen LogP contribution in [0.4, 0.5) is 0 Å². The monoisotopic (exact) mass is 390 g/mol. The Kier molecular flexibility index (Phi) is 4.08. The van der Waals surface area contributed by atoms with E-state index in [1.807, 2.05) is 18.2 Å². The molecule has 0 heterocycles. The fourth-order valence-corrected chi connectivity index (χ4v) is 3.00. The summed E-state index contributed by atoms with van der Waals surface area (Å²) in [7, 11) is 0. The normalized spacial score (nSPS) is 10.5. The molecule has 0 amide bonds. The van der Waals surface area contributed by atoms with Gasteiger partial charge in [0, 0.05) is 8.59 Å². The average Bonchev–Trinajstić information content (AvgIpc) is 2.48. The first-order valence-corrected chi connectivity index (χ1v) is 7.80. The first kappa shape index (κ1) is 13.7. The molecule has 3 rings (SSSR count). The molecule has 0 aliphatic carbocycles. The van der Waals surface area contributed by atoms with Crippen LogP contribution in [0.15, 0.2) is 72.8 Å². The molecule has 0 N–H and O–H groups in total. The Bertz CT molecular complexity index is 735. The van der Waals surface area contributed by atoms with Crippen molar-refractivity contribution in [1.29, 1.82) is 0 Å². The van der Waals surface area contributed by atoms with Crippen molar-refractivity contribution in [3.05, 3.63) is 81.4 Å². The van der Waals surface area contributed by atoms with Gasteiger partial charge in [0.2, 0.25) is 0 Å². The molecule has 3 aromatic carbocycles. The molecule has 98 valence electrons. The van der Waals surface area contributed by atoms with E-state index in [1.165, 1.54) is 25.8 Å². The van der Waals surface area contributed by atoms with Crippen molar-refractivity contribution < 1.29 is 0 Å². The average molecular weight is 391 g/mol. The molecule has 20 heavy (non-hydrogen) atoms. The second-order valence-corrected chi connectivity index (χ2v) is 6.25. The Labute approximate surface area is 137 Å².